The van der Waals surface area contributed by atoms with E-state index in [4.69, 9.17) is 0 Å². The molecule has 0 unspecified atom stereocenters. The largest absolute Gasteiger partial charge is 0.466 e. The second-order valence-electron chi connectivity index (χ2n) is 2.23. The van der Waals surface area contributed by atoms with Gasteiger partial charge in [0.2, 0.25) is 0 Å². The van der Waals surface area contributed by atoms with Gasteiger partial charge in [-0.05, 0) is 17.6 Å². The van der Waals surface area contributed by atoms with Crippen LogP contribution in [-0.4, -0.2) is 24.6 Å². The molecule has 4 heteroatoms. The predicted molar refractivity (Wildman–Crippen MR) is 65.5 cm³/mol. The van der Waals surface area contributed by atoms with Crippen molar-refractivity contribution >= 4 is 29.5 Å². The Morgan fingerprint density at radius 1 is 1.29 bits per heavy atom. The zero-order valence-electron chi connectivity index (χ0n) is 8.78. The van der Waals surface area contributed by atoms with Gasteiger partial charge in [-0.1, -0.05) is 19.9 Å². The highest BCUT2D eigenvalue weighted by Crippen LogP contribution is 2.27. The minimum Gasteiger partial charge on any atom is -0.466 e. The lowest BCUT2D eigenvalue weighted by Gasteiger charge is -2.00. The number of hydrogen-bond donors (Lipinski definition) is 0. The normalized spacial score (nSPS) is 10.2. The van der Waals surface area contributed by atoms with Crippen LogP contribution in [0.2, 0.25) is 0 Å². The Kier molecular flexibility index (Phi) is 8.98. The molecule has 2 nitrogen and oxygen atoms in total. The summed E-state index contributed by atoms with van der Waals surface area (Å²) in [6.07, 6.45) is 5.10. The van der Waals surface area contributed by atoms with E-state index in [1.165, 1.54) is 17.4 Å². The van der Waals surface area contributed by atoms with Crippen LogP contribution in [0.25, 0.3) is 0 Å². The van der Waals surface area contributed by atoms with Crippen molar-refractivity contribution in [3.8, 4) is 0 Å². The fourth-order valence-electron chi connectivity index (χ4n) is 0.696. The number of ether oxygens (including phenoxy) is 1. The smallest absolute Gasteiger partial charge is 0.330 e. The number of thioether (sulfide) groups is 2. The van der Waals surface area contributed by atoms with E-state index in [-0.39, 0.29) is 5.97 Å². The van der Waals surface area contributed by atoms with E-state index in [9.17, 15) is 4.79 Å². The summed E-state index contributed by atoms with van der Waals surface area (Å²) in [6, 6.07) is 0. The van der Waals surface area contributed by atoms with E-state index in [1.807, 2.05) is 6.08 Å². The van der Waals surface area contributed by atoms with Crippen LogP contribution in [0.5, 0.6) is 0 Å². The predicted octanol–water partition coefficient (Wildman–Crippen LogP) is 3.06. The van der Waals surface area contributed by atoms with Crippen LogP contribution < -0.4 is 0 Å². The van der Waals surface area contributed by atoms with E-state index in [2.05, 4.69) is 18.6 Å². The lowest BCUT2D eigenvalue weighted by atomic mass is 10.5. The minimum atomic E-state index is -0.316. The summed E-state index contributed by atoms with van der Waals surface area (Å²) in [5.74, 6) is 1.78. The molecule has 0 aliphatic heterocycles. The van der Waals surface area contributed by atoms with Crippen molar-refractivity contribution in [3.05, 3.63) is 22.5 Å². The van der Waals surface area contributed by atoms with Gasteiger partial charge in [-0.25, -0.2) is 4.79 Å². The molecule has 0 saturated heterocycles. The van der Waals surface area contributed by atoms with Crippen molar-refractivity contribution in [1.29, 1.82) is 0 Å². The molecule has 0 aliphatic rings. The standard InChI is InChI=1S/C10H16O2S2/c1-4-13-10(14-5-2)8-6-7-9(11)12-3/h6-8H,4-5H2,1-3H3/b7-6+. The second kappa shape index (κ2) is 9.21. The Morgan fingerprint density at radius 3 is 2.29 bits per heavy atom. The molecule has 0 N–H and O–H groups in total. The number of hydrogen-bond acceptors (Lipinski definition) is 4. The molecule has 0 bridgehead atoms. The molecule has 0 heterocycles. The third-order valence-corrected chi connectivity index (χ3v) is 3.36. The lowest BCUT2D eigenvalue weighted by Crippen LogP contribution is -1.92. The van der Waals surface area contributed by atoms with Crippen molar-refractivity contribution in [1.82, 2.24) is 0 Å². The summed E-state index contributed by atoms with van der Waals surface area (Å²) in [5, 5.41) is 0. The van der Waals surface area contributed by atoms with Gasteiger partial charge in [-0.2, -0.15) is 0 Å². The summed E-state index contributed by atoms with van der Waals surface area (Å²) in [5.41, 5.74) is 0. The molecule has 0 atom stereocenters. The zero-order valence-corrected chi connectivity index (χ0v) is 10.4. The first-order valence-corrected chi connectivity index (χ1v) is 6.43. The highest BCUT2D eigenvalue weighted by Gasteiger charge is 1.94. The monoisotopic (exact) mass is 232 g/mol. The summed E-state index contributed by atoms with van der Waals surface area (Å²) >= 11 is 3.56. The first-order chi connectivity index (χ1) is 6.74. The first-order valence-electron chi connectivity index (χ1n) is 4.46. The molecule has 0 aromatic heterocycles. The molecule has 0 spiro atoms. The average Bonchev–Trinajstić information content (AvgIpc) is 2.18. The molecule has 0 fully saturated rings. The van der Waals surface area contributed by atoms with E-state index in [0.717, 1.165) is 11.5 Å². The quantitative estimate of drug-likeness (QED) is 0.399. The molecule has 0 radical (unpaired) electrons. The van der Waals surface area contributed by atoms with Crippen molar-refractivity contribution in [2.24, 2.45) is 0 Å². The topological polar surface area (TPSA) is 26.3 Å². The number of carbonyl (C=O) groups excluding carboxylic acids is 1. The van der Waals surface area contributed by atoms with Crippen LogP contribution in [0.3, 0.4) is 0 Å². The molecule has 0 aromatic rings. The van der Waals surface area contributed by atoms with Gasteiger partial charge in [0.15, 0.2) is 0 Å². The van der Waals surface area contributed by atoms with Crippen molar-refractivity contribution in [3.63, 3.8) is 0 Å². The van der Waals surface area contributed by atoms with E-state index >= 15 is 0 Å². The van der Waals surface area contributed by atoms with Gasteiger partial charge in [-0.3, -0.25) is 0 Å². The van der Waals surface area contributed by atoms with Gasteiger partial charge in [0, 0.05) is 10.3 Å². The van der Waals surface area contributed by atoms with Crippen LogP contribution in [0, 0.1) is 0 Å². The maximum Gasteiger partial charge on any atom is 0.330 e. The molecular weight excluding hydrogens is 216 g/mol. The highest BCUT2D eigenvalue weighted by molar-refractivity contribution is 8.22. The van der Waals surface area contributed by atoms with Gasteiger partial charge < -0.3 is 4.74 Å². The Labute approximate surface area is 94.2 Å². The van der Waals surface area contributed by atoms with Crippen LogP contribution in [-0.2, 0) is 9.53 Å². The Balaban J connectivity index is 4.13. The van der Waals surface area contributed by atoms with Gasteiger partial charge in [0.05, 0.1) is 7.11 Å². The van der Waals surface area contributed by atoms with Crippen molar-refractivity contribution in [2.45, 2.75) is 13.8 Å². The zero-order chi connectivity index (χ0) is 10.8. The van der Waals surface area contributed by atoms with Gasteiger partial charge in [-0.15, -0.1) is 23.5 Å². The highest BCUT2D eigenvalue weighted by atomic mass is 32.2. The van der Waals surface area contributed by atoms with Crippen molar-refractivity contribution in [2.75, 3.05) is 18.6 Å². The van der Waals surface area contributed by atoms with E-state index in [1.54, 1.807) is 29.6 Å². The molecule has 14 heavy (non-hydrogen) atoms. The molecule has 0 rings (SSSR count). The van der Waals surface area contributed by atoms with Crippen LogP contribution in [0.4, 0.5) is 0 Å². The summed E-state index contributed by atoms with van der Waals surface area (Å²) in [6.45, 7) is 4.22. The van der Waals surface area contributed by atoms with Gasteiger partial charge >= 0.3 is 5.97 Å². The fraction of sp³-hybridized carbons (Fsp3) is 0.500. The van der Waals surface area contributed by atoms with Crippen LogP contribution in [0.15, 0.2) is 22.5 Å². The average molecular weight is 232 g/mol. The second-order valence-corrected chi connectivity index (χ2v) is 5.10. The number of methoxy groups -OCH3 is 1. The first kappa shape index (κ1) is 13.7. The van der Waals surface area contributed by atoms with Gasteiger partial charge in [0.1, 0.15) is 0 Å². The number of esters is 1. The number of rotatable bonds is 6. The van der Waals surface area contributed by atoms with Crippen molar-refractivity contribution < 1.29 is 9.53 Å². The fourth-order valence-corrected chi connectivity index (χ4v) is 2.65. The molecule has 0 saturated carbocycles. The summed E-state index contributed by atoms with van der Waals surface area (Å²) < 4.78 is 5.71. The van der Waals surface area contributed by atoms with E-state index < -0.39 is 0 Å². The maximum absolute atomic E-state index is 10.8. The van der Waals surface area contributed by atoms with E-state index in [0.29, 0.717) is 0 Å². The molecule has 0 aliphatic carbocycles. The molecular formula is C10H16O2S2. The van der Waals surface area contributed by atoms with Crippen LogP contribution in [0.1, 0.15) is 13.8 Å². The minimum absolute atomic E-state index is 0.316. The summed E-state index contributed by atoms with van der Waals surface area (Å²) in [4.78, 5) is 10.8. The van der Waals surface area contributed by atoms with Crippen LogP contribution >= 0.6 is 23.5 Å². The Hall–Kier alpha value is -0.350. The molecule has 80 valence electrons. The Bertz CT molecular complexity index is 214. The third kappa shape index (κ3) is 7.09. The lowest BCUT2D eigenvalue weighted by molar-refractivity contribution is -0.134. The SMILES string of the molecule is CCSC(=C/C=C/C(=O)OC)SCC. The summed E-state index contributed by atoms with van der Waals surface area (Å²) in [7, 11) is 1.37. The number of carbonyl (C=O) groups is 1. The Morgan fingerprint density at radius 2 is 1.86 bits per heavy atom. The van der Waals surface area contributed by atoms with Gasteiger partial charge in [0.25, 0.3) is 0 Å². The third-order valence-electron chi connectivity index (χ3n) is 1.24. The molecule has 0 aromatic carbocycles. The maximum atomic E-state index is 10.8. The molecule has 0 amide bonds. The number of allylic oxidation sites excluding steroid dienone is 2.